The maximum absolute atomic E-state index is 6.02. The van der Waals surface area contributed by atoms with Gasteiger partial charge in [-0.3, -0.25) is 0 Å². The monoisotopic (exact) mass is 185 g/mol. The van der Waals surface area contributed by atoms with Gasteiger partial charge in [0.2, 0.25) is 0 Å². The Hall–Kier alpha value is -0.120. The normalized spacial score (nSPS) is 39.2. The lowest BCUT2D eigenvalue weighted by Gasteiger charge is -2.38. The van der Waals surface area contributed by atoms with E-state index in [0.717, 1.165) is 32.7 Å². The molecular formula is C10H19NO2. The number of hydrogen-bond donors (Lipinski definition) is 1. The largest absolute Gasteiger partial charge is 0.381 e. The quantitative estimate of drug-likeness (QED) is 0.655. The van der Waals surface area contributed by atoms with E-state index in [4.69, 9.17) is 9.47 Å². The fourth-order valence-electron chi connectivity index (χ4n) is 2.12. The summed E-state index contributed by atoms with van der Waals surface area (Å²) in [5, 5.41) is 3.42. The molecule has 0 aliphatic carbocycles. The molecule has 3 heteroatoms. The highest BCUT2D eigenvalue weighted by Gasteiger charge is 2.34. The lowest BCUT2D eigenvalue weighted by molar-refractivity contribution is -0.116. The van der Waals surface area contributed by atoms with Gasteiger partial charge in [-0.05, 0) is 20.3 Å². The molecule has 3 nitrogen and oxygen atoms in total. The molecule has 0 bridgehead atoms. The standard InChI is InChI=1S/C10H19NO2/c1-10(2)7-11-5-9(13-10)8-3-4-12-6-8/h8-9,11H,3-7H2,1-2H3. The number of rotatable bonds is 1. The topological polar surface area (TPSA) is 30.5 Å². The first kappa shape index (κ1) is 9.44. The van der Waals surface area contributed by atoms with Crippen LogP contribution in [0.25, 0.3) is 0 Å². The van der Waals surface area contributed by atoms with Crippen LogP contribution in [0.3, 0.4) is 0 Å². The van der Waals surface area contributed by atoms with Gasteiger partial charge in [0.1, 0.15) is 0 Å². The SMILES string of the molecule is CC1(C)CNCC(C2CCOC2)O1. The fourth-order valence-corrected chi connectivity index (χ4v) is 2.12. The lowest BCUT2D eigenvalue weighted by atomic mass is 9.97. The highest BCUT2D eigenvalue weighted by atomic mass is 16.5. The molecule has 0 aromatic heterocycles. The van der Waals surface area contributed by atoms with Gasteiger partial charge in [0, 0.05) is 25.6 Å². The van der Waals surface area contributed by atoms with E-state index in [2.05, 4.69) is 19.2 Å². The second kappa shape index (κ2) is 3.56. The summed E-state index contributed by atoms with van der Waals surface area (Å²) in [6.07, 6.45) is 1.51. The summed E-state index contributed by atoms with van der Waals surface area (Å²) in [7, 11) is 0. The van der Waals surface area contributed by atoms with Gasteiger partial charge in [-0.1, -0.05) is 0 Å². The van der Waals surface area contributed by atoms with E-state index in [1.807, 2.05) is 0 Å². The van der Waals surface area contributed by atoms with Crippen molar-refractivity contribution in [3.8, 4) is 0 Å². The molecule has 0 radical (unpaired) electrons. The molecule has 1 N–H and O–H groups in total. The van der Waals surface area contributed by atoms with E-state index in [-0.39, 0.29) is 5.60 Å². The van der Waals surface area contributed by atoms with Crippen LogP contribution >= 0.6 is 0 Å². The zero-order chi connectivity index (χ0) is 9.31. The molecular weight excluding hydrogens is 166 g/mol. The molecule has 2 fully saturated rings. The van der Waals surface area contributed by atoms with Crippen molar-refractivity contribution in [2.75, 3.05) is 26.3 Å². The van der Waals surface area contributed by atoms with Gasteiger partial charge in [-0.2, -0.15) is 0 Å². The minimum absolute atomic E-state index is 0.00843. The molecule has 2 saturated heterocycles. The molecule has 0 spiro atoms. The highest BCUT2D eigenvalue weighted by molar-refractivity contribution is 4.86. The van der Waals surface area contributed by atoms with Gasteiger partial charge in [0.05, 0.1) is 18.3 Å². The Kier molecular flexibility index (Phi) is 2.58. The first-order valence-corrected chi connectivity index (χ1v) is 5.14. The van der Waals surface area contributed by atoms with Crippen molar-refractivity contribution in [3.05, 3.63) is 0 Å². The summed E-state index contributed by atoms with van der Waals surface area (Å²) in [5.74, 6) is 0.604. The Morgan fingerprint density at radius 1 is 1.38 bits per heavy atom. The maximum atomic E-state index is 6.02. The van der Waals surface area contributed by atoms with Crippen LogP contribution in [0.15, 0.2) is 0 Å². The van der Waals surface area contributed by atoms with Crippen molar-refractivity contribution in [2.24, 2.45) is 5.92 Å². The highest BCUT2D eigenvalue weighted by Crippen LogP contribution is 2.25. The minimum atomic E-state index is -0.00843. The van der Waals surface area contributed by atoms with Crippen molar-refractivity contribution in [3.63, 3.8) is 0 Å². The lowest BCUT2D eigenvalue weighted by Crippen LogP contribution is -2.52. The molecule has 2 unspecified atom stereocenters. The third-order valence-corrected chi connectivity index (χ3v) is 2.86. The molecule has 13 heavy (non-hydrogen) atoms. The van der Waals surface area contributed by atoms with E-state index in [1.165, 1.54) is 0 Å². The van der Waals surface area contributed by atoms with Crippen LogP contribution in [0.1, 0.15) is 20.3 Å². The van der Waals surface area contributed by atoms with Crippen LogP contribution in [0, 0.1) is 5.92 Å². The van der Waals surface area contributed by atoms with Crippen molar-refractivity contribution >= 4 is 0 Å². The van der Waals surface area contributed by atoms with E-state index >= 15 is 0 Å². The summed E-state index contributed by atoms with van der Waals surface area (Å²) in [4.78, 5) is 0. The Bertz CT molecular complexity index is 176. The van der Waals surface area contributed by atoms with Gasteiger partial charge in [-0.25, -0.2) is 0 Å². The minimum Gasteiger partial charge on any atom is -0.381 e. The van der Waals surface area contributed by atoms with Crippen LogP contribution in [-0.2, 0) is 9.47 Å². The number of nitrogens with one attached hydrogen (secondary N) is 1. The maximum Gasteiger partial charge on any atom is 0.0758 e. The fraction of sp³-hybridized carbons (Fsp3) is 1.00. The second-order valence-electron chi connectivity index (χ2n) is 4.67. The van der Waals surface area contributed by atoms with Crippen molar-refractivity contribution in [2.45, 2.75) is 32.0 Å². The Morgan fingerprint density at radius 3 is 2.85 bits per heavy atom. The van der Waals surface area contributed by atoms with Crippen molar-refractivity contribution in [1.82, 2.24) is 5.32 Å². The summed E-state index contributed by atoms with van der Waals surface area (Å²) in [6, 6.07) is 0. The molecule has 0 aromatic rings. The molecule has 2 heterocycles. The number of hydrogen-bond acceptors (Lipinski definition) is 3. The predicted molar refractivity (Wildman–Crippen MR) is 50.7 cm³/mol. The summed E-state index contributed by atoms with van der Waals surface area (Å²) >= 11 is 0. The molecule has 2 atom stereocenters. The summed E-state index contributed by atoms with van der Waals surface area (Å²) in [5.41, 5.74) is -0.00843. The molecule has 2 rings (SSSR count). The van der Waals surface area contributed by atoms with Crippen LogP contribution in [0.5, 0.6) is 0 Å². The Balaban J connectivity index is 1.91. The van der Waals surface area contributed by atoms with E-state index in [1.54, 1.807) is 0 Å². The van der Waals surface area contributed by atoms with E-state index < -0.39 is 0 Å². The first-order chi connectivity index (χ1) is 6.17. The average molecular weight is 185 g/mol. The number of ether oxygens (including phenoxy) is 2. The molecule has 0 aromatic carbocycles. The smallest absolute Gasteiger partial charge is 0.0758 e. The summed E-state index contributed by atoms with van der Waals surface area (Å²) < 4.78 is 11.4. The van der Waals surface area contributed by atoms with Gasteiger partial charge in [0.15, 0.2) is 0 Å². The summed E-state index contributed by atoms with van der Waals surface area (Å²) in [6.45, 7) is 8.01. The van der Waals surface area contributed by atoms with Crippen LogP contribution in [0.2, 0.25) is 0 Å². The zero-order valence-electron chi connectivity index (χ0n) is 8.51. The zero-order valence-corrected chi connectivity index (χ0v) is 8.51. The Labute approximate surface area is 79.8 Å². The first-order valence-electron chi connectivity index (χ1n) is 5.14. The van der Waals surface area contributed by atoms with Crippen LogP contribution in [0.4, 0.5) is 0 Å². The van der Waals surface area contributed by atoms with Crippen molar-refractivity contribution in [1.29, 1.82) is 0 Å². The second-order valence-corrected chi connectivity index (χ2v) is 4.67. The van der Waals surface area contributed by atoms with Gasteiger partial charge in [-0.15, -0.1) is 0 Å². The third kappa shape index (κ3) is 2.22. The number of morpholine rings is 1. The molecule has 2 aliphatic rings. The van der Waals surface area contributed by atoms with Crippen molar-refractivity contribution < 1.29 is 9.47 Å². The third-order valence-electron chi connectivity index (χ3n) is 2.86. The van der Waals surface area contributed by atoms with E-state index in [9.17, 15) is 0 Å². The van der Waals surface area contributed by atoms with Gasteiger partial charge < -0.3 is 14.8 Å². The average Bonchev–Trinajstić information content (AvgIpc) is 2.53. The molecule has 76 valence electrons. The Morgan fingerprint density at radius 2 is 2.23 bits per heavy atom. The molecule has 0 amide bonds. The van der Waals surface area contributed by atoms with Gasteiger partial charge >= 0.3 is 0 Å². The molecule has 2 aliphatic heterocycles. The van der Waals surface area contributed by atoms with Crippen LogP contribution in [-0.4, -0.2) is 38.0 Å². The predicted octanol–water partition coefficient (Wildman–Crippen LogP) is 0.790. The van der Waals surface area contributed by atoms with E-state index in [0.29, 0.717) is 12.0 Å². The van der Waals surface area contributed by atoms with Gasteiger partial charge in [0.25, 0.3) is 0 Å². The molecule has 0 saturated carbocycles. The van der Waals surface area contributed by atoms with Crippen LogP contribution < -0.4 is 5.32 Å².